The largest absolute Gasteiger partial charge is 0.354 e. The topological polar surface area (TPSA) is 55.8 Å². The van der Waals surface area contributed by atoms with Crippen molar-refractivity contribution in [2.24, 2.45) is 10.9 Å². The van der Waals surface area contributed by atoms with E-state index < -0.39 is 0 Å². The molecule has 2 rings (SSSR count). The summed E-state index contributed by atoms with van der Waals surface area (Å²) in [6.45, 7) is 15.0. The Kier molecular flexibility index (Phi) is 7.50. The number of pyridine rings is 1. The van der Waals surface area contributed by atoms with Gasteiger partial charge in [-0.1, -0.05) is 20.8 Å². The second-order valence-electron chi connectivity index (χ2n) is 7.05. The Labute approximate surface area is 152 Å². The van der Waals surface area contributed by atoms with Crippen LogP contribution in [0, 0.1) is 5.92 Å². The van der Waals surface area contributed by atoms with Gasteiger partial charge in [0, 0.05) is 52.0 Å². The first-order valence-electron chi connectivity index (χ1n) is 9.43. The predicted molar refractivity (Wildman–Crippen MR) is 106 cm³/mol. The van der Waals surface area contributed by atoms with E-state index in [4.69, 9.17) is 0 Å². The number of anilines is 1. The van der Waals surface area contributed by atoms with Gasteiger partial charge < -0.3 is 20.4 Å². The Morgan fingerprint density at radius 3 is 2.56 bits per heavy atom. The highest BCUT2D eigenvalue weighted by Crippen LogP contribution is 2.15. The van der Waals surface area contributed by atoms with Crippen LogP contribution >= 0.6 is 0 Å². The van der Waals surface area contributed by atoms with E-state index >= 15 is 0 Å². The van der Waals surface area contributed by atoms with Crippen molar-refractivity contribution in [3.63, 3.8) is 0 Å². The number of rotatable bonds is 6. The smallest absolute Gasteiger partial charge is 0.191 e. The third kappa shape index (κ3) is 5.88. The second-order valence-corrected chi connectivity index (χ2v) is 7.05. The zero-order chi connectivity index (χ0) is 18.2. The third-order valence-electron chi connectivity index (χ3n) is 5.00. The number of nitrogens with one attached hydrogen (secondary N) is 2. The highest BCUT2D eigenvalue weighted by molar-refractivity contribution is 5.79. The molecule has 1 aromatic rings. The highest BCUT2D eigenvalue weighted by atomic mass is 15.3. The van der Waals surface area contributed by atoms with Crippen LogP contribution in [-0.4, -0.2) is 61.7 Å². The molecule has 0 saturated carbocycles. The van der Waals surface area contributed by atoms with E-state index in [1.807, 2.05) is 13.2 Å². The molecule has 1 atom stereocenters. The lowest BCUT2D eigenvalue weighted by Gasteiger charge is -2.34. The van der Waals surface area contributed by atoms with Crippen molar-refractivity contribution in [3.05, 3.63) is 23.9 Å². The Hall–Kier alpha value is -1.82. The van der Waals surface area contributed by atoms with Gasteiger partial charge in [0.05, 0.1) is 0 Å². The van der Waals surface area contributed by atoms with Gasteiger partial charge in [0.25, 0.3) is 0 Å². The molecule has 6 nitrogen and oxygen atoms in total. The number of hydrogen-bond donors (Lipinski definition) is 2. The molecular weight excluding hydrogens is 312 g/mol. The minimum absolute atomic E-state index is 0.383. The van der Waals surface area contributed by atoms with Gasteiger partial charge in [-0.2, -0.15) is 0 Å². The molecule has 0 radical (unpaired) electrons. The number of likely N-dealkylation sites (N-methyl/N-ethyl adjacent to an activating group) is 1. The maximum atomic E-state index is 4.57. The summed E-state index contributed by atoms with van der Waals surface area (Å²) >= 11 is 0. The summed E-state index contributed by atoms with van der Waals surface area (Å²) in [6.07, 6.45) is 1.91. The number of nitrogens with zero attached hydrogens (tertiary/aromatic N) is 4. The maximum Gasteiger partial charge on any atom is 0.191 e. The number of aromatic nitrogens is 1. The fourth-order valence-corrected chi connectivity index (χ4v) is 2.80. The zero-order valence-corrected chi connectivity index (χ0v) is 16.4. The highest BCUT2D eigenvalue weighted by Gasteiger charge is 2.17. The Morgan fingerprint density at radius 1 is 1.24 bits per heavy atom. The van der Waals surface area contributed by atoms with Crippen LogP contribution in [0.2, 0.25) is 0 Å². The molecule has 6 heteroatoms. The number of guanidine groups is 1. The summed E-state index contributed by atoms with van der Waals surface area (Å²) in [7, 11) is 1.81. The minimum Gasteiger partial charge on any atom is -0.354 e. The Morgan fingerprint density at radius 2 is 1.96 bits per heavy atom. The fraction of sp³-hybridized carbons (Fsp3) is 0.684. The molecule has 0 spiro atoms. The summed E-state index contributed by atoms with van der Waals surface area (Å²) in [5, 5.41) is 6.84. The molecule has 1 aromatic heterocycles. The van der Waals surface area contributed by atoms with Crippen LogP contribution in [0.5, 0.6) is 0 Å². The van der Waals surface area contributed by atoms with E-state index in [1.54, 1.807) is 0 Å². The monoisotopic (exact) mass is 346 g/mol. The van der Waals surface area contributed by atoms with Gasteiger partial charge in [0.2, 0.25) is 0 Å². The molecule has 0 aromatic carbocycles. The average molecular weight is 347 g/mol. The van der Waals surface area contributed by atoms with Crippen LogP contribution in [0.25, 0.3) is 0 Å². The van der Waals surface area contributed by atoms with E-state index in [1.165, 1.54) is 5.56 Å². The van der Waals surface area contributed by atoms with Gasteiger partial charge in [0.15, 0.2) is 5.96 Å². The fourth-order valence-electron chi connectivity index (χ4n) is 2.80. The van der Waals surface area contributed by atoms with Crippen molar-refractivity contribution >= 4 is 11.8 Å². The van der Waals surface area contributed by atoms with E-state index in [9.17, 15) is 0 Å². The number of hydrogen-bond acceptors (Lipinski definition) is 4. The molecule has 0 aliphatic carbocycles. The molecule has 1 unspecified atom stereocenters. The van der Waals surface area contributed by atoms with Crippen LogP contribution in [0.1, 0.15) is 33.3 Å². The lowest BCUT2D eigenvalue weighted by Crippen LogP contribution is -2.46. The van der Waals surface area contributed by atoms with Gasteiger partial charge in [0.1, 0.15) is 5.82 Å². The molecule has 0 bridgehead atoms. The van der Waals surface area contributed by atoms with Gasteiger partial charge in [-0.25, -0.2) is 4.98 Å². The van der Waals surface area contributed by atoms with Crippen molar-refractivity contribution in [1.29, 1.82) is 0 Å². The number of piperazine rings is 1. The molecule has 1 aliphatic heterocycles. The first-order valence-corrected chi connectivity index (χ1v) is 9.43. The normalized spacial score (nSPS) is 17.7. The molecule has 140 valence electrons. The first kappa shape index (κ1) is 19.5. The molecule has 1 saturated heterocycles. The molecule has 2 N–H and O–H groups in total. The zero-order valence-electron chi connectivity index (χ0n) is 16.4. The van der Waals surface area contributed by atoms with Crippen molar-refractivity contribution in [2.75, 3.05) is 44.7 Å². The summed E-state index contributed by atoms with van der Waals surface area (Å²) < 4.78 is 0. The van der Waals surface area contributed by atoms with E-state index in [0.717, 1.165) is 51.0 Å². The summed E-state index contributed by atoms with van der Waals surface area (Å²) in [4.78, 5) is 13.7. The molecule has 0 amide bonds. The second kappa shape index (κ2) is 9.61. The minimum atomic E-state index is 0.383. The van der Waals surface area contributed by atoms with Crippen molar-refractivity contribution < 1.29 is 0 Å². The van der Waals surface area contributed by atoms with Gasteiger partial charge >= 0.3 is 0 Å². The standard InChI is InChI=1S/C19H34N6/c1-6-24-9-11-25(12-10-24)18-13-17(7-8-21-18)14-22-19(20-5)23-16(4)15(2)3/h7-8,13,15-16H,6,9-12,14H2,1-5H3,(H2,20,22,23). The van der Waals surface area contributed by atoms with Crippen LogP contribution in [-0.2, 0) is 6.54 Å². The summed E-state index contributed by atoms with van der Waals surface area (Å²) in [5.74, 6) is 2.48. The van der Waals surface area contributed by atoms with E-state index in [0.29, 0.717) is 12.0 Å². The van der Waals surface area contributed by atoms with Gasteiger partial charge in [-0.15, -0.1) is 0 Å². The van der Waals surface area contributed by atoms with Crippen molar-refractivity contribution in [3.8, 4) is 0 Å². The Bertz CT molecular complexity index is 549. The maximum absolute atomic E-state index is 4.57. The molecule has 1 aliphatic rings. The van der Waals surface area contributed by atoms with Gasteiger partial charge in [-0.05, 0) is 37.1 Å². The lowest BCUT2D eigenvalue weighted by molar-refractivity contribution is 0.270. The van der Waals surface area contributed by atoms with Gasteiger partial charge in [-0.3, -0.25) is 4.99 Å². The third-order valence-corrected chi connectivity index (χ3v) is 5.00. The van der Waals surface area contributed by atoms with E-state index in [-0.39, 0.29) is 0 Å². The van der Waals surface area contributed by atoms with Crippen LogP contribution in [0.15, 0.2) is 23.3 Å². The molecular formula is C19H34N6. The van der Waals surface area contributed by atoms with Crippen molar-refractivity contribution in [2.45, 2.75) is 40.3 Å². The number of aliphatic imine (C=N–C) groups is 1. The summed E-state index contributed by atoms with van der Waals surface area (Å²) in [6, 6.07) is 4.64. The summed E-state index contributed by atoms with van der Waals surface area (Å²) in [5.41, 5.74) is 1.23. The van der Waals surface area contributed by atoms with Crippen LogP contribution in [0.3, 0.4) is 0 Å². The quantitative estimate of drug-likeness (QED) is 0.609. The van der Waals surface area contributed by atoms with E-state index in [2.05, 4.69) is 70.2 Å². The predicted octanol–water partition coefficient (Wildman–Crippen LogP) is 1.93. The lowest BCUT2D eigenvalue weighted by atomic mass is 10.1. The molecule has 25 heavy (non-hydrogen) atoms. The first-order chi connectivity index (χ1) is 12.0. The van der Waals surface area contributed by atoms with Crippen molar-refractivity contribution in [1.82, 2.24) is 20.5 Å². The SMILES string of the molecule is CCN1CCN(c2cc(CNC(=NC)NC(C)C(C)C)ccn2)CC1. The van der Waals surface area contributed by atoms with Crippen LogP contribution < -0.4 is 15.5 Å². The molecule has 1 fully saturated rings. The Balaban J connectivity index is 1.91. The average Bonchev–Trinajstić information content (AvgIpc) is 2.65. The molecule has 2 heterocycles. The van der Waals surface area contributed by atoms with Crippen LogP contribution in [0.4, 0.5) is 5.82 Å².